The molecule has 0 aromatic carbocycles. The highest BCUT2D eigenvalue weighted by Gasteiger charge is 2.01. The number of ether oxygens (including phenoxy) is 1. The van der Waals surface area contributed by atoms with Gasteiger partial charge < -0.3 is 10.1 Å². The highest BCUT2D eigenvalue weighted by Crippen LogP contribution is 1.93. The number of nitrogens with zero attached hydrogens (tertiary/aromatic N) is 1. The van der Waals surface area contributed by atoms with Crippen molar-refractivity contribution in [3.05, 3.63) is 0 Å². The van der Waals surface area contributed by atoms with Crippen LogP contribution in [0.5, 0.6) is 0 Å². The third kappa shape index (κ3) is 5.84. The van der Waals surface area contributed by atoms with Gasteiger partial charge in [-0.05, 0) is 13.0 Å². The van der Waals surface area contributed by atoms with Crippen LogP contribution in [0.4, 0.5) is 0 Å². The molecule has 0 radical (unpaired) electrons. The first-order chi connectivity index (χ1) is 5.35. The number of nitrogens with one attached hydrogen (secondary N) is 1. The second-order valence-corrected chi connectivity index (χ2v) is 2.25. The van der Waals surface area contributed by atoms with Gasteiger partial charge in [-0.2, -0.15) is 5.26 Å². The van der Waals surface area contributed by atoms with E-state index in [1.165, 1.54) is 0 Å². The monoisotopic (exact) mass is 156 g/mol. The summed E-state index contributed by atoms with van der Waals surface area (Å²) in [5.74, 6) is 0. The van der Waals surface area contributed by atoms with E-state index < -0.39 is 0 Å². The topological polar surface area (TPSA) is 45.0 Å². The molecule has 1 atom stereocenters. The van der Waals surface area contributed by atoms with Gasteiger partial charge in [0.25, 0.3) is 0 Å². The third-order valence-corrected chi connectivity index (χ3v) is 1.36. The van der Waals surface area contributed by atoms with Crippen LogP contribution in [0.1, 0.15) is 20.3 Å². The molecular formula is C8H16N2O. The average Bonchev–Trinajstić information content (AvgIpc) is 2.05. The van der Waals surface area contributed by atoms with Crippen LogP contribution < -0.4 is 5.32 Å². The maximum atomic E-state index is 8.49. The Hall–Kier alpha value is -0.590. The minimum absolute atomic E-state index is 0.228. The van der Waals surface area contributed by atoms with E-state index in [9.17, 15) is 0 Å². The molecular weight excluding hydrogens is 140 g/mol. The molecule has 0 heterocycles. The first-order valence-corrected chi connectivity index (χ1v) is 4.07. The summed E-state index contributed by atoms with van der Waals surface area (Å²) in [5, 5.41) is 11.6. The van der Waals surface area contributed by atoms with Gasteiger partial charge in [0.2, 0.25) is 0 Å². The Morgan fingerprint density at radius 3 is 2.73 bits per heavy atom. The molecule has 0 aliphatic heterocycles. The molecule has 64 valence electrons. The van der Waals surface area contributed by atoms with Gasteiger partial charge in [0, 0.05) is 6.54 Å². The number of rotatable bonds is 6. The number of nitriles is 1. The van der Waals surface area contributed by atoms with E-state index in [0.717, 1.165) is 19.5 Å². The highest BCUT2D eigenvalue weighted by atomic mass is 16.5. The lowest BCUT2D eigenvalue weighted by atomic mass is 10.3. The molecule has 3 heteroatoms. The van der Waals surface area contributed by atoms with Crippen LogP contribution in [0.15, 0.2) is 0 Å². The Morgan fingerprint density at radius 2 is 2.27 bits per heavy atom. The smallest absolute Gasteiger partial charge is 0.143 e. The molecule has 0 bridgehead atoms. The zero-order chi connectivity index (χ0) is 8.53. The molecule has 0 aromatic heterocycles. The quantitative estimate of drug-likeness (QED) is 0.581. The minimum Gasteiger partial charge on any atom is -0.362 e. The van der Waals surface area contributed by atoms with Crippen molar-refractivity contribution in [3.63, 3.8) is 0 Å². The second kappa shape index (κ2) is 7.52. The summed E-state index contributed by atoms with van der Waals surface area (Å²) in [6, 6.07) is 2.08. The van der Waals surface area contributed by atoms with Gasteiger partial charge in [-0.3, -0.25) is 0 Å². The summed E-state index contributed by atoms with van der Waals surface area (Å²) in [6.07, 6.45) is 0.538. The Kier molecular flexibility index (Phi) is 7.11. The fourth-order valence-electron chi connectivity index (χ4n) is 0.697. The SMILES string of the molecule is CCNCCOC(C#N)CC. The Balaban J connectivity index is 3.16. The maximum Gasteiger partial charge on any atom is 0.143 e. The van der Waals surface area contributed by atoms with Crippen molar-refractivity contribution in [3.8, 4) is 6.07 Å². The van der Waals surface area contributed by atoms with Crippen LogP contribution in [-0.4, -0.2) is 25.8 Å². The Bertz CT molecular complexity index is 120. The summed E-state index contributed by atoms with van der Waals surface area (Å²) >= 11 is 0. The van der Waals surface area contributed by atoms with E-state index in [1.807, 2.05) is 13.8 Å². The summed E-state index contributed by atoms with van der Waals surface area (Å²) in [7, 11) is 0. The van der Waals surface area contributed by atoms with Crippen molar-refractivity contribution >= 4 is 0 Å². The van der Waals surface area contributed by atoms with Crippen molar-refractivity contribution in [1.82, 2.24) is 5.32 Å². The van der Waals surface area contributed by atoms with Gasteiger partial charge in [0.15, 0.2) is 0 Å². The van der Waals surface area contributed by atoms with E-state index in [1.54, 1.807) is 0 Å². The first-order valence-electron chi connectivity index (χ1n) is 4.07. The van der Waals surface area contributed by atoms with Crippen molar-refractivity contribution in [2.24, 2.45) is 0 Å². The summed E-state index contributed by atoms with van der Waals surface area (Å²) in [4.78, 5) is 0. The third-order valence-electron chi connectivity index (χ3n) is 1.36. The Morgan fingerprint density at radius 1 is 1.55 bits per heavy atom. The van der Waals surface area contributed by atoms with E-state index in [4.69, 9.17) is 10.00 Å². The molecule has 0 saturated heterocycles. The van der Waals surface area contributed by atoms with E-state index in [-0.39, 0.29) is 6.10 Å². The molecule has 0 spiro atoms. The molecule has 0 aliphatic rings. The zero-order valence-electron chi connectivity index (χ0n) is 7.26. The lowest BCUT2D eigenvalue weighted by Crippen LogP contribution is -2.21. The first kappa shape index (κ1) is 10.4. The van der Waals surface area contributed by atoms with E-state index in [2.05, 4.69) is 11.4 Å². The van der Waals surface area contributed by atoms with Crippen molar-refractivity contribution in [2.75, 3.05) is 19.7 Å². The van der Waals surface area contributed by atoms with Gasteiger partial charge in [0.1, 0.15) is 6.10 Å². The van der Waals surface area contributed by atoms with Crippen LogP contribution in [0.25, 0.3) is 0 Å². The fourth-order valence-corrected chi connectivity index (χ4v) is 0.697. The molecule has 0 rings (SSSR count). The van der Waals surface area contributed by atoms with Crippen molar-refractivity contribution < 1.29 is 4.74 Å². The second-order valence-electron chi connectivity index (χ2n) is 2.25. The molecule has 11 heavy (non-hydrogen) atoms. The van der Waals surface area contributed by atoms with Gasteiger partial charge in [-0.25, -0.2) is 0 Å². The molecule has 0 aromatic rings. The van der Waals surface area contributed by atoms with Crippen LogP contribution in [0.3, 0.4) is 0 Å². The summed E-state index contributed by atoms with van der Waals surface area (Å²) < 4.78 is 5.22. The van der Waals surface area contributed by atoms with E-state index >= 15 is 0 Å². The van der Waals surface area contributed by atoms with Crippen molar-refractivity contribution in [1.29, 1.82) is 5.26 Å². The van der Waals surface area contributed by atoms with Crippen LogP contribution in [0, 0.1) is 11.3 Å². The molecule has 3 nitrogen and oxygen atoms in total. The van der Waals surface area contributed by atoms with Gasteiger partial charge >= 0.3 is 0 Å². The molecule has 1 N–H and O–H groups in total. The van der Waals surface area contributed by atoms with Crippen LogP contribution in [-0.2, 0) is 4.74 Å². The summed E-state index contributed by atoms with van der Waals surface area (Å²) in [5.41, 5.74) is 0. The minimum atomic E-state index is -0.228. The lowest BCUT2D eigenvalue weighted by molar-refractivity contribution is 0.0898. The average molecular weight is 156 g/mol. The summed E-state index contributed by atoms with van der Waals surface area (Å²) in [6.45, 7) is 6.39. The standard InChI is InChI=1S/C8H16N2O/c1-3-8(7-9)11-6-5-10-4-2/h8,10H,3-6H2,1-2H3. The predicted molar refractivity (Wildman–Crippen MR) is 44.2 cm³/mol. The number of likely N-dealkylation sites (N-methyl/N-ethyl adjacent to an activating group) is 1. The molecule has 0 fully saturated rings. The number of hydrogen-bond acceptors (Lipinski definition) is 3. The van der Waals surface area contributed by atoms with Gasteiger partial charge in [-0.1, -0.05) is 13.8 Å². The number of hydrogen-bond donors (Lipinski definition) is 1. The van der Waals surface area contributed by atoms with Gasteiger partial charge in [-0.15, -0.1) is 0 Å². The fraction of sp³-hybridized carbons (Fsp3) is 0.875. The molecule has 1 unspecified atom stereocenters. The van der Waals surface area contributed by atoms with E-state index in [0.29, 0.717) is 6.61 Å². The predicted octanol–water partition coefficient (Wildman–Crippen LogP) is 0.915. The van der Waals surface area contributed by atoms with Crippen LogP contribution >= 0.6 is 0 Å². The largest absolute Gasteiger partial charge is 0.362 e. The molecule has 0 amide bonds. The highest BCUT2D eigenvalue weighted by molar-refractivity contribution is 4.82. The zero-order valence-corrected chi connectivity index (χ0v) is 7.26. The molecule has 0 saturated carbocycles. The maximum absolute atomic E-state index is 8.49. The van der Waals surface area contributed by atoms with Crippen LogP contribution in [0.2, 0.25) is 0 Å². The normalized spacial score (nSPS) is 12.5. The Labute approximate surface area is 68.3 Å². The molecule has 0 aliphatic carbocycles. The van der Waals surface area contributed by atoms with Gasteiger partial charge in [0.05, 0.1) is 12.7 Å². The lowest BCUT2D eigenvalue weighted by Gasteiger charge is -2.07. The van der Waals surface area contributed by atoms with Crippen molar-refractivity contribution in [2.45, 2.75) is 26.4 Å².